The van der Waals surface area contributed by atoms with Gasteiger partial charge in [0.2, 0.25) is 0 Å². The van der Waals surface area contributed by atoms with Gasteiger partial charge < -0.3 is 15.5 Å². The van der Waals surface area contributed by atoms with Gasteiger partial charge in [-0.3, -0.25) is 10.6 Å². The fraction of sp³-hybridized carbons (Fsp3) is 0.500. The Kier molecular flexibility index (Phi) is 4.39. The van der Waals surface area contributed by atoms with Crippen molar-refractivity contribution in [2.75, 3.05) is 18.6 Å². The summed E-state index contributed by atoms with van der Waals surface area (Å²) in [5.41, 5.74) is 5.03. The van der Waals surface area contributed by atoms with Crippen molar-refractivity contribution in [3.05, 3.63) is 29.3 Å². The van der Waals surface area contributed by atoms with Crippen LogP contribution in [-0.4, -0.2) is 25.2 Å². The Morgan fingerprint density at radius 3 is 2.89 bits per heavy atom. The zero-order valence-corrected chi connectivity index (χ0v) is 11.4. The van der Waals surface area contributed by atoms with Crippen LogP contribution in [0.3, 0.4) is 0 Å². The molecule has 1 aromatic carbocycles. The maximum Gasteiger partial charge on any atom is 0.251 e. The minimum atomic E-state index is -0.0502. The molecule has 1 amide bonds. The third kappa shape index (κ3) is 3.24. The molecule has 1 heterocycles. The lowest BCUT2D eigenvalue weighted by Gasteiger charge is -2.15. The van der Waals surface area contributed by atoms with Gasteiger partial charge in [0.1, 0.15) is 0 Å². The number of carbonyl (C=O) groups excluding carboxylic acids is 1. The summed E-state index contributed by atoms with van der Waals surface area (Å²) in [4.78, 5) is 12.1. The molecule has 1 fully saturated rings. The number of rotatable bonds is 4. The normalized spacial score (nSPS) is 22.3. The second-order valence-corrected chi connectivity index (χ2v) is 5.01. The lowest BCUT2D eigenvalue weighted by atomic mass is 10.0. The van der Waals surface area contributed by atoms with Gasteiger partial charge >= 0.3 is 0 Å². The minimum absolute atomic E-state index is 0.0502. The van der Waals surface area contributed by atoms with Gasteiger partial charge in [0.25, 0.3) is 5.91 Å². The van der Waals surface area contributed by atoms with E-state index in [-0.39, 0.29) is 12.0 Å². The predicted molar refractivity (Wildman–Crippen MR) is 74.8 cm³/mol. The maximum atomic E-state index is 12.1. The van der Waals surface area contributed by atoms with Crippen LogP contribution in [0.25, 0.3) is 0 Å². The van der Waals surface area contributed by atoms with Gasteiger partial charge in [0.05, 0.1) is 11.8 Å². The first kappa shape index (κ1) is 13.8. The number of carbonyl (C=O) groups is 1. The van der Waals surface area contributed by atoms with Crippen molar-refractivity contribution in [3.8, 4) is 0 Å². The molecule has 1 aliphatic rings. The molecule has 4 N–H and O–H groups in total. The summed E-state index contributed by atoms with van der Waals surface area (Å²) in [6.45, 7) is 5.42. The average Bonchev–Trinajstić information content (AvgIpc) is 2.81. The van der Waals surface area contributed by atoms with Crippen LogP contribution in [0.5, 0.6) is 0 Å². The predicted octanol–water partition coefficient (Wildman–Crippen LogP) is 1.44. The second kappa shape index (κ2) is 6.04. The number of hydrogen-bond acceptors (Lipinski definition) is 4. The lowest BCUT2D eigenvalue weighted by molar-refractivity contribution is 0.0907. The van der Waals surface area contributed by atoms with E-state index in [9.17, 15) is 4.79 Å². The Morgan fingerprint density at radius 2 is 2.32 bits per heavy atom. The van der Waals surface area contributed by atoms with Crippen molar-refractivity contribution < 1.29 is 9.53 Å². The fourth-order valence-electron chi connectivity index (χ4n) is 2.34. The summed E-state index contributed by atoms with van der Waals surface area (Å²) in [6, 6.07) is 5.41. The molecule has 0 bridgehead atoms. The van der Waals surface area contributed by atoms with Crippen LogP contribution in [0.15, 0.2) is 18.2 Å². The number of nitrogens with one attached hydrogen (secondary N) is 2. The number of ether oxygens (including phenoxy) is 1. The Labute approximate surface area is 113 Å². The number of hydrazine groups is 1. The molecular weight excluding hydrogens is 242 g/mol. The van der Waals surface area contributed by atoms with Crippen LogP contribution < -0.4 is 16.6 Å². The average molecular weight is 263 g/mol. The largest absolute Gasteiger partial charge is 0.378 e. The maximum absolute atomic E-state index is 12.1. The first-order chi connectivity index (χ1) is 9.11. The van der Waals surface area contributed by atoms with E-state index in [1.54, 1.807) is 6.07 Å². The Balaban J connectivity index is 1.94. The molecule has 5 heteroatoms. The van der Waals surface area contributed by atoms with Gasteiger partial charge in [-0.05, 0) is 44.0 Å². The molecule has 0 aliphatic carbocycles. The molecule has 104 valence electrons. The molecule has 2 rings (SSSR count). The number of benzene rings is 1. The molecule has 0 aromatic heterocycles. The molecule has 19 heavy (non-hydrogen) atoms. The minimum Gasteiger partial charge on any atom is -0.378 e. The number of anilines is 1. The first-order valence-electron chi connectivity index (χ1n) is 6.59. The third-order valence-electron chi connectivity index (χ3n) is 3.70. The topological polar surface area (TPSA) is 76.4 Å². The number of amides is 1. The molecule has 0 saturated carbocycles. The van der Waals surface area contributed by atoms with E-state index < -0.39 is 0 Å². The number of hydrogen-bond donors (Lipinski definition) is 3. The van der Waals surface area contributed by atoms with E-state index in [1.165, 1.54) is 0 Å². The van der Waals surface area contributed by atoms with Gasteiger partial charge in [-0.1, -0.05) is 0 Å². The van der Waals surface area contributed by atoms with Crippen molar-refractivity contribution in [1.82, 2.24) is 5.32 Å². The third-order valence-corrected chi connectivity index (χ3v) is 3.70. The van der Waals surface area contributed by atoms with Gasteiger partial charge in [-0.15, -0.1) is 0 Å². The van der Waals surface area contributed by atoms with Crippen molar-refractivity contribution in [2.45, 2.75) is 26.4 Å². The molecular formula is C14H21N3O2. The molecule has 5 nitrogen and oxygen atoms in total. The van der Waals surface area contributed by atoms with Crippen LogP contribution in [0, 0.1) is 12.8 Å². The molecule has 0 radical (unpaired) electrons. The fourth-order valence-corrected chi connectivity index (χ4v) is 2.34. The summed E-state index contributed by atoms with van der Waals surface area (Å²) in [5, 5.41) is 2.97. The number of nitrogens with two attached hydrogens (primary N) is 1. The highest BCUT2D eigenvalue weighted by Gasteiger charge is 2.24. The van der Waals surface area contributed by atoms with Crippen molar-refractivity contribution >= 4 is 11.6 Å². The van der Waals surface area contributed by atoms with Crippen molar-refractivity contribution in [3.63, 3.8) is 0 Å². The zero-order chi connectivity index (χ0) is 13.8. The highest BCUT2D eigenvalue weighted by molar-refractivity contribution is 5.94. The summed E-state index contributed by atoms with van der Waals surface area (Å²) in [6.07, 6.45) is 1.24. The van der Waals surface area contributed by atoms with Crippen molar-refractivity contribution in [2.24, 2.45) is 11.8 Å². The monoisotopic (exact) mass is 263 g/mol. The van der Waals surface area contributed by atoms with Gasteiger partial charge in [-0.25, -0.2) is 0 Å². The summed E-state index contributed by atoms with van der Waals surface area (Å²) >= 11 is 0. The van der Waals surface area contributed by atoms with Gasteiger partial charge in [0.15, 0.2) is 0 Å². The van der Waals surface area contributed by atoms with Crippen LogP contribution >= 0.6 is 0 Å². The van der Waals surface area contributed by atoms with Crippen molar-refractivity contribution in [1.29, 1.82) is 0 Å². The Hall–Kier alpha value is -1.59. The van der Waals surface area contributed by atoms with E-state index >= 15 is 0 Å². The Morgan fingerprint density at radius 1 is 1.53 bits per heavy atom. The molecule has 1 aliphatic heterocycles. The van der Waals surface area contributed by atoms with E-state index in [0.29, 0.717) is 18.0 Å². The van der Waals surface area contributed by atoms with E-state index in [1.807, 2.05) is 19.1 Å². The van der Waals surface area contributed by atoms with E-state index in [0.717, 1.165) is 24.3 Å². The number of nitrogen functional groups attached to an aromatic ring is 1. The van der Waals surface area contributed by atoms with Gasteiger partial charge in [0, 0.05) is 24.6 Å². The zero-order valence-electron chi connectivity index (χ0n) is 11.4. The van der Waals surface area contributed by atoms with Crippen LogP contribution in [0.1, 0.15) is 29.3 Å². The molecule has 2 atom stereocenters. The van der Waals surface area contributed by atoms with Crippen LogP contribution in [0.4, 0.5) is 5.69 Å². The second-order valence-electron chi connectivity index (χ2n) is 5.01. The highest BCUT2D eigenvalue weighted by atomic mass is 16.5. The smallest absolute Gasteiger partial charge is 0.251 e. The lowest BCUT2D eigenvalue weighted by Crippen LogP contribution is -2.32. The van der Waals surface area contributed by atoms with E-state index in [4.69, 9.17) is 10.6 Å². The Bertz CT molecular complexity index is 462. The van der Waals surface area contributed by atoms with Gasteiger partial charge in [-0.2, -0.15) is 0 Å². The molecule has 1 saturated heterocycles. The molecule has 0 spiro atoms. The molecule has 2 unspecified atom stereocenters. The number of aryl methyl sites for hydroxylation is 1. The van der Waals surface area contributed by atoms with E-state index in [2.05, 4.69) is 17.7 Å². The first-order valence-corrected chi connectivity index (χ1v) is 6.59. The van der Waals surface area contributed by atoms with Crippen LogP contribution in [-0.2, 0) is 4.74 Å². The quantitative estimate of drug-likeness (QED) is 0.567. The highest BCUT2D eigenvalue weighted by Crippen LogP contribution is 2.20. The van der Waals surface area contributed by atoms with Crippen LogP contribution in [0.2, 0.25) is 0 Å². The SMILES string of the molecule is Cc1cc(C(=O)NCC2CCOC2C)ccc1NN. The summed E-state index contributed by atoms with van der Waals surface area (Å²) in [7, 11) is 0. The summed E-state index contributed by atoms with van der Waals surface area (Å²) in [5.74, 6) is 5.73. The standard InChI is InChI=1S/C14H21N3O2/c1-9-7-11(3-4-13(9)17-15)14(18)16-8-12-5-6-19-10(12)2/h3-4,7,10,12,17H,5-6,8,15H2,1-2H3,(H,16,18). The summed E-state index contributed by atoms with van der Waals surface area (Å²) < 4.78 is 5.48. The molecule has 1 aromatic rings.